The van der Waals surface area contributed by atoms with Crippen LogP contribution in [0.4, 0.5) is 4.39 Å². The van der Waals surface area contributed by atoms with Gasteiger partial charge in [-0.05, 0) is 12.1 Å². The van der Waals surface area contributed by atoms with E-state index in [-0.39, 0.29) is 10.8 Å². The number of halogens is 2. The molecule has 72 valence electrons. The van der Waals surface area contributed by atoms with Gasteiger partial charge in [0.1, 0.15) is 5.82 Å². The Kier molecular flexibility index (Phi) is 2.74. The average molecular weight is 226 g/mol. The molecule has 0 atom stereocenters. The quantitative estimate of drug-likeness (QED) is 0.818. The van der Waals surface area contributed by atoms with Crippen LogP contribution in [0.15, 0.2) is 18.2 Å². The van der Waals surface area contributed by atoms with Gasteiger partial charge in [-0.25, -0.2) is 4.39 Å². The maximum Gasteiger partial charge on any atom is 0.380 e. The molecule has 0 aliphatic carbocycles. The molecule has 0 fully saturated rings. The molecule has 1 aromatic rings. The number of hydrogen-bond acceptors (Lipinski definition) is 3. The van der Waals surface area contributed by atoms with E-state index in [0.717, 1.165) is 18.2 Å². The molecular formula is C6H5ClFNO3S. The first-order chi connectivity index (χ1) is 5.88. The fraction of sp³-hybridized carbons (Fsp3) is 0. The fourth-order valence-electron chi connectivity index (χ4n) is 0.666. The number of hydrogen-bond donors (Lipinski definition) is 1. The van der Waals surface area contributed by atoms with E-state index in [1.807, 2.05) is 0 Å². The topological polar surface area (TPSA) is 69.4 Å². The van der Waals surface area contributed by atoms with Crippen molar-refractivity contribution in [1.82, 2.24) is 0 Å². The minimum absolute atomic E-state index is 0.0320. The number of nitrogens with two attached hydrogens (primary N) is 1. The van der Waals surface area contributed by atoms with Crippen molar-refractivity contribution in [3.8, 4) is 5.75 Å². The van der Waals surface area contributed by atoms with Crippen LogP contribution in [0.1, 0.15) is 0 Å². The highest BCUT2D eigenvalue weighted by molar-refractivity contribution is 7.84. The van der Waals surface area contributed by atoms with Crippen LogP contribution in [0.3, 0.4) is 0 Å². The molecule has 0 aliphatic heterocycles. The standard InChI is InChI=1S/C6H5ClFNO3S/c7-5-2-1-4(8)3-6(5)12-13(9,10)11/h1-3H,(H2,9,10,11). The molecule has 0 amide bonds. The monoisotopic (exact) mass is 225 g/mol. The van der Waals surface area contributed by atoms with Crippen molar-refractivity contribution in [2.24, 2.45) is 5.14 Å². The van der Waals surface area contributed by atoms with E-state index in [9.17, 15) is 12.8 Å². The molecule has 0 heterocycles. The van der Waals surface area contributed by atoms with Gasteiger partial charge in [-0.2, -0.15) is 13.6 Å². The summed E-state index contributed by atoms with van der Waals surface area (Å²) < 4.78 is 37.6. The Morgan fingerprint density at radius 3 is 2.62 bits per heavy atom. The van der Waals surface area contributed by atoms with Gasteiger partial charge in [0, 0.05) is 6.07 Å². The van der Waals surface area contributed by atoms with Crippen molar-refractivity contribution < 1.29 is 17.0 Å². The van der Waals surface area contributed by atoms with Gasteiger partial charge in [0.25, 0.3) is 0 Å². The minimum atomic E-state index is -4.17. The molecule has 0 radical (unpaired) electrons. The van der Waals surface area contributed by atoms with Crippen LogP contribution in [0.5, 0.6) is 5.75 Å². The number of benzene rings is 1. The second-order valence-electron chi connectivity index (χ2n) is 2.15. The summed E-state index contributed by atoms with van der Waals surface area (Å²) in [6.07, 6.45) is 0. The fourth-order valence-corrected chi connectivity index (χ4v) is 1.26. The van der Waals surface area contributed by atoms with E-state index < -0.39 is 16.1 Å². The van der Waals surface area contributed by atoms with E-state index in [1.54, 1.807) is 0 Å². The van der Waals surface area contributed by atoms with Gasteiger partial charge in [-0.3, -0.25) is 0 Å². The summed E-state index contributed by atoms with van der Waals surface area (Å²) in [6.45, 7) is 0. The Labute approximate surface area is 79.3 Å². The molecule has 1 aromatic carbocycles. The summed E-state index contributed by atoms with van der Waals surface area (Å²) in [5.41, 5.74) is 0. The van der Waals surface area contributed by atoms with Gasteiger partial charge in [0.05, 0.1) is 5.02 Å². The third-order valence-electron chi connectivity index (χ3n) is 1.10. The molecule has 0 aliphatic rings. The first kappa shape index (κ1) is 10.2. The molecule has 0 unspecified atom stereocenters. The van der Waals surface area contributed by atoms with Crippen molar-refractivity contribution in [3.63, 3.8) is 0 Å². The van der Waals surface area contributed by atoms with E-state index in [2.05, 4.69) is 9.32 Å². The molecule has 4 nitrogen and oxygen atoms in total. The Morgan fingerprint density at radius 2 is 2.08 bits per heavy atom. The van der Waals surface area contributed by atoms with Crippen molar-refractivity contribution in [2.75, 3.05) is 0 Å². The Balaban J connectivity index is 3.08. The highest BCUT2D eigenvalue weighted by atomic mass is 35.5. The predicted octanol–water partition coefficient (Wildman–Crippen LogP) is 1.06. The van der Waals surface area contributed by atoms with Crippen LogP contribution in [0.2, 0.25) is 5.02 Å². The summed E-state index contributed by atoms with van der Waals surface area (Å²) in [7, 11) is -4.17. The third-order valence-corrected chi connectivity index (χ3v) is 1.82. The lowest BCUT2D eigenvalue weighted by Gasteiger charge is -2.03. The summed E-state index contributed by atoms with van der Waals surface area (Å²) in [5.74, 6) is -0.993. The molecule has 0 saturated carbocycles. The highest BCUT2D eigenvalue weighted by Crippen LogP contribution is 2.25. The van der Waals surface area contributed by atoms with Gasteiger partial charge in [-0.15, -0.1) is 0 Å². The van der Waals surface area contributed by atoms with E-state index in [4.69, 9.17) is 11.6 Å². The summed E-state index contributed by atoms with van der Waals surface area (Å²) >= 11 is 5.49. The SMILES string of the molecule is NS(=O)(=O)Oc1cc(F)ccc1Cl. The maximum atomic E-state index is 12.5. The van der Waals surface area contributed by atoms with Crippen molar-refractivity contribution >= 4 is 21.9 Å². The van der Waals surface area contributed by atoms with Crippen LogP contribution in [0.25, 0.3) is 0 Å². The van der Waals surface area contributed by atoms with Crippen molar-refractivity contribution in [2.45, 2.75) is 0 Å². The number of rotatable bonds is 2. The van der Waals surface area contributed by atoms with Crippen molar-refractivity contribution in [1.29, 1.82) is 0 Å². The zero-order chi connectivity index (χ0) is 10.1. The molecule has 0 bridgehead atoms. The minimum Gasteiger partial charge on any atom is -0.369 e. The van der Waals surface area contributed by atoms with Crippen LogP contribution in [-0.4, -0.2) is 8.42 Å². The second-order valence-corrected chi connectivity index (χ2v) is 3.71. The van der Waals surface area contributed by atoms with Gasteiger partial charge in [0.15, 0.2) is 5.75 Å². The Morgan fingerprint density at radius 1 is 1.46 bits per heavy atom. The first-order valence-electron chi connectivity index (χ1n) is 3.06. The smallest absolute Gasteiger partial charge is 0.369 e. The molecule has 2 N–H and O–H groups in total. The lowest BCUT2D eigenvalue weighted by molar-refractivity contribution is 0.485. The molecule has 0 spiro atoms. The summed E-state index contributed by atoms with van der Waals surface area (Å²) in [5, 5.41) is 4.52. The van der Waals surface area contributed by atoms with E-state index in [0.29, 0.717) is 0 Å². The van der Waals surface area contributed by atoms with Crippen molar-refractivity contribution in [3.05, 3.63) is 29.0 Å². The zero-order valence-electron chi connectivity index (χ0n) is 6.20. The van der Waals surface area contributed by atoms with Gasteiger partial charge in [-0.1, -0.05) is 11.6 Å². The zero-order valence-corrected chi connectivity index (χ0v) is 7.77. The van der Waals surface area contributed by atoms with Crippen LogP contribution < -0.4 is 9.32 Å². The first-order valence-corrected chi connectivity index (χ1v) is 4.91. The summed E-state index contributed by atoms with van der Waals surface area (Å²) in [6, 6.07) is 3.06. The molecule has 1 rings (SSSR count). The lowest BCUT2D eigenvalue weighted by atomic mass is 10.3. The third kappa shape index (κ3) is 3.17. The largest absolute Gasteiger partial charge is 0.380 e. The molecule has 0 saturated heterocycles. The van der Waals surface area contributed by atoms with Crippen LogP contribution in [-0.2, 0) is 10.3 Å². The highest BCUT2D eigenvalue weighted by Gasteiger charge is 2.09. The molecule has 0 aromatic heterocycles. The Bertz CT molecular complexity index is 420. The Hall–Kier alpha value is -0.850. The van der Waals surface area contributed by atoms with Crippen LogP contribution >= 0.6 is 11.6 Å². The molecular weight excluding hydrogens is 221 g/mol. The van der Waals surface area contributed by atoms with Crippen LogP contribution in [0, 0.1) is 5.82 Å². The molecule has 7 heteroatoms. The predicted molar refractivity (Wildman–Crippen MR) is 45.1 cm³/mol. The van der Waals surface area contributed by atoms with Gasteiger partial charge >= 0.3 is 10.3 Å². The maximum absolute atomic E-state index is 12.5. The average Bonchev–Trinajstić information content (AvgIpc) is 1.94. The summed E-state index contributed by atoms with van der Waals surface area (Å²) in [4.78, 5) is 0. The van der Waals surface area contributed by atoms with E-state index >= 15 is 0 Å². The normalized spacial score (nSPS) is 11.3. The molecule has 13 heavy (non-hydrogen) atoms. The van der Waals surface area contributed by atoms with Gasteiger partial charge < -0.3 is 4.18 Å². The lowest BCUT2D eigenvalue weighted by Crippen LogP contribution is -2.19. The second kappa shape index (κ2) is 3.49. The van der Waals surface area contributed by atoms with E-state index in [1.165, 1.54) is 0 Å². The van der Waals surface area contributed by atoms with Gasteiger partial charge in [0.2, 0.25) is 0 Å².